The molecule has 1 aromatic carbocycles. The van der Waals surface area contributed by atoms with Gasteiger partial charge in [0.05, 0.1) is 6.61 Å². The van der Waals surface area contributed by atoms with Gasteiger partial charge in [-0.05, 0) is 56.5 Å². The molecular weight excluding hydrogens is 318 g/mol. The van der Waals surface area contributed by atoms with E-state index in [0.29, 0.717) is 12.6 Å². The van der Waals surface area contributed by atoms with Crippen LogP contribution < -0.4 is 4.90 Å². The molecule has 1 saturated heterocycles. The fourth-order valence-electron chi connectivity index (χ4n) is 2.56. The molecule has 0 amide bonds. The van der Waals surface area contributed by atoms with Gasteiger partial charge in [0.1, 0.15) is 0 Å². The summed E-state index contributed by atoms with van der Waals surface area (Å²) in [6.45, 7) is 5.52. The van der Waals surface area contributed by atoms with Gasteiger partial charge in [0, 0.05) is 28.8 Å². The lowest BCUT2D eigenvalue weighted by Gasteiger charge is -2.25. The Labute approximate surface area is 128 Å². The van der Waals surface area contributed by atoms with Crippen LogP contribution in [-0.4, -0.2) is 25.2 Å². The molecule has 3 nitrogen and oxygen atoms in total. The molecule has 1 aliphatic heterocycles. The van der Waals surface area contributed by atoms with Gasteiger partial charge < -0.3 is 9.64 Å². The third kappa shape index (κ3) is 3.63. The van der Waals surface area contributed by atoms with Crippen LogP contribution in [0.5, 0.6) is 0 Å². The van der Waals surface area contributed by atoms with Crippen LogP contribution in [-0.2, 0) is 9.53 Å². The van der Waals surface area contributed by atoms with Gasteiger partial charge in [-0.15, -0.1) is 0 Å². The van der Waals surface area contributed by atoms with Crippen molar-refractivity contribution in [3.8, 4) is 0 Å². The minimum absolute atomic E-state index is 0.298. The molecule has 4 heteroatoms. The fraction of sp³-hybridized carbons (Fsp3) is 0.438. The van der Waals surface area contributed by atoms with E-state index >= 15 is 0 Å². The largest absolute Gasteiger partial charge is 0.463 e. The first kappa shape index (κ1) is 15.1. The SMILES string of the molecule is CCOC(=O)C=Cc1cc(Br)ccc1N1CCCC1C. The molecule has 0 radical (unpaired) electrons. The smallest absolute Gasteiger partial charge is 0.330 e. The van der Waals surface area contributed by atoms with Gasteiger partial charge in [-0.1, -0.05) is 15.9 Å². The number of hydrogen-bond donors (Lipinski definition) is 0. The maximum atomic E-state index is 11.5. The van der Waals surface area contributed by atoms with Crippen molar-refractivity contribution in [1.82, 2.24) is 0 Å². The van der Waals surface area contributed by atoms with Crippen molar-refractivity contribution >= 4 is 33.7 Å². The first-order chi connectivity index (χ1) is 9.61. The zero-order chi connectivity index (χ0) is 14.5. The number of benzene rings is 1. The number of anilines is 1. The van der Waals surface area contributed by atoms with Crippen molar-refractivity contribution in [2.75, 3.05) is 18.1 Å². The number of hydrogen-bond acceptors (Lipinski definition) is 3. The molecule has 0 aromatic heterocycles. The maximum absolute atomic E-state index is 11.5. The highest BCUT2D eigenvalue weighted by atomic mass is 79.9. The fourth-order valence-corrected chi connectivity index (χ4v) is 2.94. The Bertz CT molecular complexity index is 513. The highest BCUT2D eigenvalue weighted by Gasteiger charge is 2.22. The van der Waals surface area contributed by atoms with Gasteiger partial charge in [-0.3, -0.25) is 0 Å². The molecular formula is C16H20BrNO2. The third-order valence-electron chi connectivity index (χ3n) is 3.54. The van der Waals surface area contributed by atoms with E-state index in [-0.39, 0.29) is 5.97 Å². The normalized spacial score (nSPS) is 18.8. The van der Waals surface area contributed by atoms with Crippen LogP contribution in [0.4, 0.5) is 5.69 Å². The number of halogens is 1. The monoisotopic (exact) mass is 337 g/mol. The van der Waals surface area contributed by atoms with Gasteiger partial charge in [-0.25, -0.2) is 4.79 Å². The van der Waals surface area contributed by atoms with E-state index in [1.807, 2.05) is 25.1 Å². The Kier molecular flexibility index (Phi) is 5.24. The second-order valence-electron chi connectivity index (χ2n) is 4.97. The average molecular weight is 338 g/mol. The van der Waals surface area contributed by atoms with E-state index in [1.165, 1.54) is 24.6 Å². The number of rotatable bonds is 4. The minimum Gasteiger partial charge on any atom is -0.463 e. The summed E-state index contributed by atoms with van der Waals surface area (Å²) in [6.07, 6.45) is 5.77. The Morgan fingerprint density at radius 3 is 3.00 bits per heavy atom. The van der Waals surface area contributed by atoms with E-state index in [2.05, 4.69) is 33.8 Å². The van der Waals surface area contributed by atoms with Crippen LogP contribution >= 0.6 is 15.9 Å². The molecule has 1 atom stereocenters. The van der Waals surface area contributed by atoms with Gasteiger partial charge in [0.2, 0.25) is 0 Å². The van der Waals surface area contributed by atoms with Crippen LogP contribution in [0.3, 0.4) is 0 Å². The van der Waals surface area contributed by atoms with Crippen molar-refractivity contribution in [2.45, 2.75) is 32.7 Å². The number of nitrogens with zero attached hydrogens (tertiary/aromatic N) is 1. The second kappa shape index (κ2) is 6.93. The van der Waals surface area contributed by atoms with Gasteiger partial charge in [-0.2, -0.15) is 0 Å². The van der Waals surface area contributed by atoms with Crippen molar-refractivity contribution in [3.63, 3.8) is 0 Å². The third-order valence-corrected chi connectivity index (χ3v) is 4.03. The van der Waals surface area contributed by atoms with Crippen molar-refractivity contribution < 1.29 is 9.53 Å². The van der Waals surface area contributed by atoms with Crippen LogP contribution in [0.15, 0.2) is 28.7 Å². The topological polar surface area (TPSA) is 29.5 Å². The molecule has 1 aliphatic rings. The van der Waals surface area contributed by atoms with Crippen LogP contribution in [0.25, 0.3) is 6.08 Å². The number of carbonyl (C=O) groups excluding carboxylic acids is 1. The number of ether oxygens (including phenoxy) is 1. The summed E-state index contributed by atoms with van der Waals surface area (Å²) in [4.78, 5) is 13.9. The molecule has 0 N–H and O–H groups in total. The number of carbonyl (C=O) groups is 1. The maximum Gasteiger partial charge on any atom is 0.330 e. The standard InChI is InChI=1S/C16H20BrNO2/c1-3-20-16(19)9-6-13-11-14(17)7-8-15(13)18-10-4-5-12(18)2/h6-9,11-12H,3-5,10H2,1-2H3. The predicted molar refractivity (Wildman–Crippen MR) is 85.9 cm³/mol. The van der Waals surface area contributed by atoms with Crippen molar-refractivity contribution in [2.24, 2.45) is 0 Å². The Morgan fingerprint density at radius 1 is 1.55 bits per heavy atom. The Morgan fingerprint density at radius 2 is 2.35 bits per heavy atom. The highest BCUT2D eigenvalue weighted by molar-refractivity contribution is 9.10. The van der Waals surface area contributed by atoms with Gasteiger partial charge in [0.15, 0.2) is 0 Å². The molecule has 2 rings (SSSR count). The molecule has 0 spiro atoms. The first-order valence-electron chi connectivity index (χ1n) is 7.03. The quantitative estimate of drug-likeness (QED) is 0.614. The summed E-state index contributed by atoms with van der Waals surface area (Å²) >= 11 is 3.49. The number of esters is 1. The molecule has 1 fully saturated rings. The molecule has 1 heterocycles. The summed E-state index contributed by atoms with van der Waals surface area (Å²) in [7, 11) is 0. The minimum atomic E-state index is -0.298. The van der Waals surface area contributed by atoms with Crippen LogP contribution in [0.1, 0.15) is 32.3 Å². The summed E-state index contributed by atoms with van der Waals surface area (Å²) in [5.41, 5.74) is 2.22. The summed E-state index contributed by atoms with van der Waals surface area (Å²) < 4.78 is 5.94. The lowest BCUT2D eigenvalue weighted by Crippen LogP contribution is -2.26. The summed E-state index contributed by atoms with van der Waals surface area (Å²) in [5.74, 6) is -0.298. The zero-order valence-corrected chi connectivity index (χ0v) is 13.5. The van der Waals surface area contributed by atoms with Gasteiger partial charge >= 0.3 is 5.97 Å². The molecule has 20 heavy (non-hydrogen) atoms. The molecule has 108 valence electrons. The van der Waals surface area contributed by atoms with E-state index in [4.69, 9.17) is 4.74 Å². The molecule has 1 aromatic rings. The Balaban J connectivity index is 2.26. The van der Waals surface area contributed by atoms with E-state index in [1.54, 1.807) is 0 Å². The summed E-state index contributed by atoms with van der Waals surface area (Å²) in [5, 5.41) is 0. The van der Waals surface area contributed by atoms with E-state index in [0.717, 1.165) is 16.6 Å². The highest BCUT2D eigenvalue weighted by Crippen LogP contribution is 2.31. The molecule has 0 saturated carbocycles. The van der Waals surface area contributed by atoms with Crippen LogP contribution in [0.2, 0.25) is 0 Å². The second-order valence-corrected chi connectivity index (χ2v) is 5.89. The van der Waals surface area contributed by atoms with Crippen molar-refractivity contribution in [3.05, 3.63) is 34.3 Å². The molecule has 1 unspecified atom stereocenters. The van der Waals surface area contributed by atoms with Crippen molar-refractivity contribution in [1.29, 1.82) is 0 Å². The Hall–Kier alpha value is -1.29. The van der Waals surface area contributed by atoms with Crippen LogP contribution in [0, 0.1) is 0 Å². The average Bonchev–Trinajstić information content (AvgIpc) is 2.83. The molecule has 0 aliphatic carbocycles. The first-order valence-corrected chi connectivity index (χ1v) is 7.82. The van der Waals surface area contributed by atoms with Gasteiger partial charge in [0.25, 0.3) is 0 Å². The van der Waals surface area contributed by atoms with E-state index < -0.39 is 0 Å². The zero-order valence-electron chi connectivity index (χ0n) is 11.9. The summed E-state index contributed by atoms with van der Waals surface area (Å²) in [6, 6.07) is 6.74. The predicted octanol–water partition coefficient (Wildman–Crippen LogP) is 4.01. The van der Waals surface area contributed by atoms with E-state index in [9.17, 15) is 4.79 Å². The lowest BCUT2D eigenvalue weighted by molar-refractivity contribution is -0.137. The lowest BCUT2D eigenvalue weighted by atomic mass is 10.1. The molecule has 0 bridgehead atoms.